The molecule has 1 amide bonds. The van der Waals surface area contributed by atoms with Gasteiger partial charge in [-0.2, -0.15) is 13.2 Å². The minimum Gasteiger partial charge on any atom is -0.379 e. The zero-order chi connectivity index (χ0) is 25.9. The Labute approximate surface area is 211 Å². The van der Waals surface area contributed by atoms with Gasteiger partial charge >= 0.3 is 6.18 Å². The molecule has 4 atom stereocenters. The summed E-state index contributed by atoms with van der Waals surface area (Å²) < 4.78 is 50.0. The molecule has 3 heterocycles. The molecule has 1 saturated heterocycles. The van der Waals surface area contributed by atoms with Gasteiger partial charge in [0.1, 0.15) is 0 Å². The maximum absolute atomic E-state index is 13.1. The van der Waals surface area contributed by atoms with Gasteiger partial charge in [-0.1, -0.05) is 0 Å². The van der Waals surface area contributed by atoms with Crippen molar-refractivity contribution in [2.75, 3.05) is 41.0 Å². The van der Waals surface area contributed by atoms with E-state index >= 15 is 0 Å². The highest BCUT2D eigenvalue weighted by molar-refractivity contribution is 5.79. The Bertz CT molecular complexity index is 894. The first kappa shape index (κ1) is 27.3. The molecule has 36 heavy (non-hydrogen) atoms. The summed E-state index contributed by atoms with van der Waals surface area (Å²) >= 11 is 0. The average Bonchev–Trinajstić information content (AvgIpc) is 3.62. The summed E-state index contributed by atoms with van der Waals surface area (Å²) in [5, 5.41) is 3.64. The number of rotatable bonds is 5. The molecule has 2 aliphatic carbocycles. The number of hydrogen-bond acceptors (Lipinski definition) is 6. The van der Waals surface area contributed by atoms with E-state index in [1.165, 1.54) is 12.8 Å². The first-order chi connectivity index (χ1) is 17.2. The summed E-state index contributed by atoms with van der Waals surface area (Å²) in [5.41, 5.74) is 0.398. The minimum absolute atomic E-state index is 0.0161. The van der Waals surface area contributed by atoms with Gasteiger partial charge in [0.25, 0.3) is 0 Å². The van der Waals surface area contributed by atoms with Crippen LogP contribution in [0.3, 0.4) is 0 Å². The Morgan fingerprint density at radius 2 is 2.00 bits per heavy atom. The predicted octanol–water partition coefficient (Wildman–Crippen LogP) is 3.26. The van der Waals surface area contributed by atoms with E-state index in [4.69, 9.17) is 9.47 Å². The first-order valence-corrected chi connectivity index (χ1v) is 13.0. The van der Waals surface area contributed by atoms with Crippen LogP contribution in [0.2, 0.25) is 0 Å². The van der Waals surface area contributed by atoms with Crippen LogP contribution in [0.25, 0.3) is 0 Å². The quantitative estimate of drug-likeness (QED) is 0.654. The molecule has 1 N–H and O–H groups in total. The Kier molecular flexibility index (Phi) is 8.91. The number of amides is 1. The fraction of sp³-hybridized carbons (Fsp3) is 0.769. The number of aromatic nitrogens is 1. The summed E-state index contributed by atoms with van der Waals surface area (Å²) in [5.74, 6) is -0.0544. The van der Waals surface area contributed by atoms with Crippen LogP contribution < -0.4 is 5.32 Å². The smallest absolute Gasteiger partial charge is 0.379 e. The topological polar surface area (TPSA) is 66.9 Å². The van der Waals surface area contributed by atoms with E-state index < -0.39 is 11.7 Å². The van der Waals surface area contributed by atoms with Crippen molar-refractivity contribution in [3.63, 3.8) is 0 Å². The number of ether oxygens (including phenoxy) is 2. The van der Waals surface area contributed by atoms with E-state index in [9.17, 15) is 18.0 Å². The molecule has 0 bridgehead atoms. The van der Waals surface area contributed by atoms with Gasteiger partial charge in [-0.3, -0.25) is 9.78 Å². The molecular weight excluding hydrogens is 473 g/mol. The van der Waals surface area contributed by atoms with E-state index in [2.05, 4.69) is 29.3 Å². The van der Waals surface area contributed by atoms with Crippen molar-refractivity contribution in [2.24, 2.45) is 5.92 Å². The lowest BCUT2D eigenvalue weighted by Crippen LogP contribution is -2.50. The zero-order valence-corrected chi connectivity index (χ0v) is 21.5. The van der Waals surface area contributed by atoms with Gasteiger partial charge in [0.2, 0.25) is 5.91 Å². The summed E-state index contributed by atoms with van der Waals surface area (Å²) in [6.07, 6.45) is 3.14. The maximum atomic E-state index is 13.1. The normalized spacial score (nSPS) is 28.5. The Hall–Kier alpha value is -1.75. The molecule has 10 heteroatoms. The van der Waals surface area contributed by atoms with Crippen molar-refractivity contribution in [2.45, 2.75) is 81.9 Å². The lowest BCUT2D eigenvalue weighted by atomic mass is 10.00. The number of alkyl halides is 3. The highest BCUT2D eigenvalue weighted by Gasteiger charge is 2.37. The van der Waals surface area contributed by atoms with E-state index in [0.717, 1.165) is 44.0 Å². The highest BCUT2D eigenvalue weighted by Crippen LogP contribution is 2.33. The summed E-state index contributed by atoms with van der Waals surface area (Å²) in [4.78, 5) is 21.0. The van der Waals surface area contributed by atoms with Crippen molar-refractivity contribution in [3.8, 4) is 0 Å². The molecule has 2 saturated carbocycles. The molecule has 0 radical (unpaired) electrons. The highest BCUT2D eigenvalue weighted by atomic mass is 19.4. The van der Waals surface area contributed by atoms with Crippen LogP contribution in [0.4, 0.5) is 13.2 Å². The van der Waals surface area contributed by atoms with Gasteiger partial charge in [0.05, 0.1) is 18.3 Å². The van der Waals surface area contributed by atoms with Crippen molar-refractivity contribution in [1.82, 2.24) is 20.1 Å². The number of carbonyl (C=O) groups is 1. The maximum Gasteiger partial charge on any atom is 0.417 e. The number of halogens is 3. The van der Waals surface area contributed by atoms with Crippen LogP contribution >= 0.6 is 0 Å². The second kappa shape index (κ2) is 11.8. The molecule has 2 aliphatic heterocycles. The summed E-state index contributed by atoms with van der Waals surface area (Å²) in [6, 6.07) is 2.54. The third-order valence-electron chi connectivity index (χ3n) is 7.79. The molecule has 4 aliphatic rings. The molecule has 4 unspecified atom stereocenters. The van der Waals surface area contributed by atoms with Crippen LogP contribution in [0.15, 0.2) is 12.3 Å². The molecule has 1 aromatic rings. The molecule has 0 spiro atoms. The second-order valence-electron chi connectivity index (χ2n) is 10.6. The fourth-order valence-corrected chi connectivity index (χ4v) is 5.41. The standard InChI is InChI=1S/C21H28F3N3O3.C5H11N/c1-29-19-12-30-7-5-18(19)26-16-3-2-13(9-16)20(28)27-6-4-17-14(11-27)8-15(10-25-17)21(22,23)24;1-6(2)5-3-4-5/h8,10,13,16,18-19,26H,2-7,9,11-12H2,1H3;5H,3-4H2,1-2H3. The van der Waals surface area contributed by atoms with Gasteiger partial charge in [0.15, 0.2) is 0 Å². The van der Waals surface area contributed by atoms with Crippen LogP contribution in [0, 0.1) is 5.92 Å². The van der Waals surface area contributed by atoms with Crippen molar-refractivity contribution < 1.29 is 27.4 Å². The minimum atomic E-state index is -4.43. The molecule has 3 fully saturated rings. The van der Waals surface area contributed by atoms with Crippen molar-refractivity contribution in [3.05, 3.63) is 29.1 Å². The number of pyridine rings is 1. The molecular formula is C26H39F3N4O3. The van der Waals surface area contributed by atoms with Crippen LogP contribution in [-0.4, -0.2) is 85.9 Å². The van der Waals surface area contributed by atoms with Gasteiger partial charge in [-0.05, 0) is 64.3 Å². The summed E-state index contributed by atoms with van der Waals surface area (Å²) in [7, 11) is 5.96. The number of nitrogens with one attached hydrogen (secondary N) is 1. The molecule has 5 rings (SSSR count). The van der Waals surface area contributed by atoms with Gasteiger partial charge in [-0.15, -0.1) is 0 Å². The zero-order valence-electron chi connectivity index (χ0n) is 21.5. The number of carbonyl (C=O) groups excluding carboxylic acids is 1. The van der Waals surface area contributed by atoms with E-state index in [1.54, 1.807) is 12.0 Å². The van der Waals surface area contributed by atoms with Crippen molar-refractivity contribution >= 4 is 5.91 Å². The van der Waals surface area contributed by atoms with Crippen LogP contribution in [0.5, 0.6) is 0 Å². The number of nitrogens with zero attached hydrogens (tertiary/aromatic N) is 3. The Morgan fingerprint density at radius 3 is 2.64 bits per heavy atom. The fourth-order valence-electron chi connectivity index (χ4n) is 5.41. The van der Waals surface area contributed by atoms with Crippen LogP contribution in [-0.2, 0) is 33.4 Å². The lowest BCUT2D eigenvalue weighted by molar-refractivity contribution is -0.137. The number of hydrogen-bond donors (Lipinski definition) is 1. The number of methoxy groups -OCH3 is 1. The molecule has 0 aromatic carbocycles. The Morgan fingerprint density at radius 1 is 1.22 bits per heavy atom. The van der Waals surface area contributed by atoms with Gasteiger partial charge in [0, 0.05) is 69.2 Å². The third kappa shape index (κ3) is 6.96. The second-order valence-corrected chi connectivity index (χ2v) is 10.6. The monoisotopic (exact) mass is 512 g/mol. The van der Waals surface area contributed by atoms with Gasteiger partial charge < -0.3 is 24.6 Å². The molecule has 1 aromatic heterocycles. The van der Waals surface area contributed by atoms with Crippen LogP contribution in [0.1, 0.15) is 55.3 Å². The first-order valence-electron chi connectivity index (χ1n) is 13.0. The van der Waals surface area contributed by atoms with E-state index in [-0.39, 0.29) is 36.6 Å². The number of fused-ring (bicyclic) bond motifs is 1. The third-order valence-corrected chi connectivity index (χ3v) is 7.79. The largest absolute Gasteiger partial charge is 0.417 e. The van der Waals surface area contributed by atoms with Crippen molar-refractivity contribution in [1.29, 1.82) is 0 Å². The molecule has 7 nitrogen and oxygen atoms in total. The predicted molar refractivity (Wildman–Crippen MR) is 129 cm³/mol. The SMILES string of the molecule is CN(C)C1CC1.COC1COCCC1NC1CCC(C(=O)N2CCc3ncc(C(F)(F)F)cc3C2)C1. The van der Waals surface area contributed by atoms with E-state index in [0.29, 0.717) is 37.4 Å². The average molecular weight is 513 g/mol. The molecule has 202 valence electrons. The van der Waals surface area contributed by atoms with Gasteiger partial charge in [-0.25, -0.2) is 0 Å². The summed E-state index contributed by atoms with van der Waals surface area (Å²) in [6.45, 7) is 1.98. The lowest BCUT2D eigenvalue weighted by Gasteiger charge is -2.33. The Balaban J connectivity index is 0.000000445. The van der Waals surface area contributed by atoms with E-state index in [1.807, 2.05) is 0 Å².